The van der Waals surface area contributed by atoms with Gasteiger partial charge in [-0.25, -0.2) is 17.9 Å². The van der Waals surface area contributed by atoms with E-state index in [0.717, 1.165) is 24.8 Å². The lowest BCUT2D eigenvalue weighted by molar-refractivity contribution is -0.137. The Balaban J connectivity index is 2.12. The largest absolute Gasteiger partial charge is 0.508 e. The van der Waals surface area contributed by atoms with E-state index in [4.69, 9.17) is 25.8 Å². The zero-order valence-electron chi connectivity index (χ0n) is 29.7. The summed E-state index contributed by atoms with van der Waals surface area (Å²) in [5.74, 6) is 0.321. The molecule has 3 N–H and O–H groups in total. The highest BCUT2D eigenvalue weighted by Crippen LogP contribution is 2.34. The van der Waals surface area contributed by atoms with Gasteiger partial charge in [-0.1, -0.05) is 97.1 Å². The Morgan fingerprint density at radius 3 is 2.10 bits per heavy atom. The van der Waals surface area contributed by atoms with Crippen molar-refractivity contribution < 1.29 is 32.5 Å². The predicted octanol–water partition coefficient (Wildman–Crippen LogP) is 9.23. The number of anilines is 1. The van der Waals surface area contributed by atoms with Gasteiger partial charge in [0.1, 0.15) is 17.6 Å². The predicted molar refractivity (Wildman–Crippen MR) is 194 cm³/mol. The summed E-state index contributed by atoms with van der Waals surface area (Å²) in [6.45, 7) is 12.3. The van der Waals surface area contributed by atoms with Crippen LogP contribution >= 0.6 is 11.6 Å². The first-order chi connectivity index (χ1) is 22.8. The minimum absolute atomic E-state index is 0.0114. The van der Waals surface area contributed by atoms with Crippen molar-refractivity contribution in [2.75, 3.05) is 25.1 Å². The molecule has 0 saturated heterocycles. The molecule has 9 nitrogen and oxygen atoms in total. The van der Waals surface area contributed by atoms with Crippen LogP contribution in [0.5, 0.6) is 11.5 Å². The maximum absolute atomic E-state index is 13.4. The molecule has 0 saturated carbocycles. The number of nitrogens with one attached hydrogen (secondary N) is 2. The Morgan fingerprint density at radius 1 is 0.896 bits per heavy atom. The van der Waals surface area contributed by atoms with Crippen molar-refractivity contribution in [3.05, 3.63) is 58.9 Å². The molecule has 0 fully saturated rings. The zero-order valence-corrected chi connectivity index (χ0v) is 31.3. The van der Waals surface area contributed by atoms with Crippen molar-refractivity contribution in [1.29, 1.82) is 0 Å². The fraction of sp³-hybridized carbons (Fsp3) is 0.595. The summed E-state index contributed by atoms with van der Waals surface area (Å²) in [5.41, 5.74) is 0.824. The van der Waals surface area contributed by atoms with Crippen LogP contribution in [0.2, 0.25) is 5.02 Å². The van der Waals surface area contributed by atoms with E-state index in [1.807, 2.05) is 26.8 Å². The van der Waals surface area contributed by atoms with E-state index in [9.17, 15) is 18.3 Å². The third-order valence-electron chi connectivity index (χ3n) is 7.80. The maximum Gasteiger partial charge on any atom is 0.336 e. The fourth-order valence-corrected chi connectivity index (χ4v) is 6.57. The number of carbonyl (C=O) groups excluding carboxylic acids is 1. The lowest BCUT2D eigenvalue weighted by Gasteiger charge is -2.24. The van der Waals surface area contributed by atoms with E-state index < -0.39 is 22.1 Å². The van der Waals surface area contributed by atoms with Crippen LogP contribution in [0, 0.1) is 0 Å². The standard InChI is InChI=1S/C37H57ClN2O7S/c1-7-10-11-12-13-14-15-16-17-18-19-29(47-28-20-23-34(41)31(24-28)37(4,5)6)27-39-48(43,44)30-21-22-33(32(38)25-30)40-35(45-8-2)26-36(42)46-9-3/h20-26,29,39-41H,7-19,27H2,1-6H3/b35-26-. The zero-order chi connectivity index (χ0) is 35.6. The third kappa shape index (κ3) is 15.1. The van der Waals surface area contributed by atoms with Crippen molar-refractivity contribution in [2.24, 2.45) is 0 Å². The summed E-state index contributed by atoms with van der Waals surface area (Å²) >= 11 is 6.47. The van der Waals surface area contributed by atoms with Crippen LogP contribution in [0.1, 0.15) is 118 Å². The second-order valence-electron chi connectivity index (χ2n) is 13.0. The molecule has 0 radical (unpaired) electrons. The number of esters is 1. The molecule has 2 aromatic rings. The maximum atomic E-state index is 13.4. The summed E-state index contributed by atoms with van der Waals surface area (Å²) in [6, 6.07) is 9.44. The Bertz CT molecular complexity index is 1410. The van der Waals surface area contributed by atoms with E-state index >= 15 is 0 Å². The van der Waals surface area contributed by atoms with Gasteiger partial charge in [-0.05, 0) is 68.5 Å². The SMILES string of the molecule is CCCCCCCCCCCCC(CNS(=O)(=O)c1ccc(N/C(=C/C(=O)OCC)OCC)c(Cl)c1)Oc1ccc(O)c(C(C)(C)C)c1. The van der Waals surface area contributed by atoms with Crippen LogP contribution < -0.4 is 14.8 Å². The lowest BCUT2D eigenvalue weighted by atomic mass is 9.86. The second-order valence-corrected chi connectivity index (χ2v) is 15.1. The van der Waals surface area contributed by atoms with E-state index in [1.165, 1.54) is 69.2 Å². The molecule has 48 heavy (non-hydrogen) atoms. The molecule has 2 rings (SSSR count). The first-order valence-corrected chi connectivity index (χ1v) is 19.2. The van der Waals surface area contributed by atoms with Crippen LogP contribution in [0.25, 0.3) is 0 Å². The number of sulfonamides is 1. The van der Waals surface area contributed by atoms with E-state index in [2.05, 4.69) is 17.0 Å². The molecule has 11 heteroatoms. The normalized spacial score (nSPS) is 12.9. The van der Waals surface area contributed by atoms with Crippen LogP contribution in [-0.2, 0) is 29.7 Å². The van der Waals surface area contributed by atoms with Crippen LogP contribution in [0.3, 0.4) is 0 Å². The minimum Gasteiger partial charge on any atom is -0.508 e. The highest BCUT2D eigenvalue weighted by molar-refractivity contribution is 7.89. The van der Waals surface area contributed by atoms with Gasteiger partial charge in [-0.15, -0.1) is 0 Å². The molecular weight excluding hydrogens is 652 g/mol. The number of hydrogen-bond acceptors (Lipinski definition) is 8. The summed E-state index contributed by atoms with van der Waals surface area (Å²) < 4.78 is 46.3. The van der Waals surface area contributed by atoms with E-state index in [0.29, 0.717) is 17.9 Å². The first-order valence-electron chi connectivity index (χ1n) is 17.4. The Kier molecular flexibility index (Phi) is 18.2. The quantitative estimate of drug-likeness (QED) is 0.0452. The average molecular weight is 709 g/mol. The molecule has 0 amide bonds. The van der Waals surface area contributed by atoms with E-state index in [1.54, 1.807) is 26.0 Å². The fourth-order valence-electron chi connectivity index (χ4n) is 5.19. The number of hydrogen-bond donors (Lipinski definition) is 3. The first kappa shape index (κ1) is 41.2. The number of unbranched alkanes of at least 4 members (excludes halogenated alkanes) is 9. The van der Waals surface area contributed by atoms with Crippen molar-refractivity contribution in [1.82, 2.24) is 4.72 Å². The molecule has 1 atom stereocenters. The molecule has 0 aliphatic rings. The number of rotatable bonds is 23. The molecule has 0 aromatic heterocycles. The number of ether oxygens (including phenoxy) is 3. The van der Waals surface area contributed by atoms with Crippen molar-refractivity contribution in [3.63, 3.8) is 0 Å². The molecule has 0 aliphatic heterocycles. The Hall–Kier alpha value is -2.95. The summed E-state index contributed by atoms with van der Waals surface area (Å²) in [7, 11) is -3.94. The van der Waals surface area contributed by atoms with Crippen LogP contribution in [0.15, 0.2) is 53.3 Å². The Morgan fingerprint density at radius 2 is 1.52 bits per heavy atom. The van der Waals surface area contributed by atoms with Gasteiger partial charge < -0.3 is 24.6 Å². The molecule has 0 spiro atoms. The minimum atomic E-state index is -3.94. The second kappa shape index (κ2) is 21.2. The monoisotopic (exact) mass is 708 g/mol. The molecule has 2 aromatic carbocycles. The molecule has 270 valence electrons. The number of benzene rings is 2. The van der Waals surface area contributed by atoms with Gasteiger partial charge in [-0.3, -0.25) is 0 Å². The van der Waals surface area contributed by atoms with Crippen molar-refractivity contribution >= 4 is 33.3 Å². The van der Waals surface area contributed by atoms with Crippen molar-refractivity contribution in [3.8, 4) is 11.5 Å². The van der Waals surface area contributed by atoms with Crippen LogP contribution in [0.4, 0.5) is 5.69 Å². The van der Waals surface area contributed by atoms with Crippen molar-refractivity contribution in [2.45, 2.75) is 129 Å². The van der Waals surface area contributed by atoms with Gasteiger partial charge in [0.05, 0.1) is 34.9 Å². The Labute approximate surface area is 293 Å². The molecular formula is C37H57ClN2O7S. The molecule has 1 unspecified atom stereocenters. The van der Waals surface area contributed by atoms with Gasteiger partial charge in [-0.2, -0.15) is 0 Å². The average Bonchev–Trinajstić information content (AvgIpc) is 3.02. The molecule has 0 bridgehead atoms. The molecule has 0 aliphatic carbocycles. The van der Waals surface area contributed by atoms with E-state index in [-0.39, 0.29) is 46.7 Å². The summed E-state index contributed by atoms with van der Waals surface area (Å²) in [4.78, 5) is 11.9. The van der Waals surface area contributed by atoms with Gasteiger partial charge in [0, 0.05) is 12.1 Å². The van der Waals surface area contributed by atoms with Gasteiger partial charge in [0.25, 0.3) is 0 Å². The lowest BCUT2D eigenvalue weighted by Crippen LogP contribution is -2.35. The number of phenols is 1. The van der Waals surface area contributed by atoms with Gasteiger partial charge in [0.2, 0.25) is 10.0 Å². The number of phenolic OH excluding ortho intramolecular Hbond substituents is 1. The highest BCUT2D eigenvalue weighted by Gasteiger charge is 2.22. The third-order valence-corrected chi connectivity index (χ3v) is 9.54. The number of halogens is 1. The topological polar surface area (TPSA) is 123 Å². The number of carbonyl (C=O) groups is 1. The highest BCUT2D eigenvalue weighted by atomic mass is 35.5. The van der Waals surface area contributed by atoms with Crippen LogP contribution in [-0.4, -0.2) is 45.4 Å². The number of aromatic hydroxyl groups is 1. The summed E-state index contributed by atoms with van der Waals surface area (Å²) in [6.07, 6.45) is 13.4. The smallest absolute Gasteiger partial charge is 0.336 e. The van der Waals surface area contributed by atoms with Gasteiger partial charge >= 0.3 is 5.97 Å². The van der Waals surface area contributed by atoms with Gasteiger partial charge in [0.15, 0.2) is 5.88 Å². The molecule has 0 heterocycles. The summed E-state index contributed by atoms with van der Waals surface area (Å²) in [5, 5.41) is 13.5.